The van der Waals surface area contributed by atoms with Gasteiger partial charge in [0.1, 0.15) is 0 Å². The number of nitrogens with zero attached hydrogens (tertiary/aromatic N) is 4. The Hall–Kier alpha value is -2.19. The van der Waals surface area contributed by atoms with E-state index in [1.165, 1.54) is 18.7 Å². The molecule has 0 aliphatic carbocycles. The molecule has 158 valence electrons. The third-order valence-electron chi connectivity index (χ3n) is 4.70. The maximum atomic E-state index is 12.5. The average Bonchev–Trinajstić information content (AvgIpc) is 3.07. The molecule has 1 aromatic carbocycles. The lowest BCUT2D eigenvalue weighted by atomic mass is 10.1. The number of hydrogen-bond acceptors (Lipinski definition) is 6. The van der Waals surface area contributed by atoms with Gasteiger partial charge in [-0.1, -0.05) is 44.2 Å². The van der Waals surface area contributed by atoms with Crippen molar-refractivity contribution in [3.05, 3.63) is 35.7 Å². The number of benzene rings is 1. The second-order valence-corrected chi connectivity index (χ2v) is 8.11. The molecule has 0 fully saturated rings. The van der Waals surface area contributed by atoms with E-state index in [9.17, 15) is 9.59 Å². The van der Waals surface area contributed by atoms with Gasteiger partial charge in [0.2, 0.25) is 5.91 Å². The number of unbranched alkanes of at least 4 members (excludes halogenated alkanes) is 1. The van der Waals surface area contributed by atoms with Gasteiger partial charge in [-0.2, -0.15) is 0 Å². The number of nitrogens with one attached hydrogen (secondary N) is 1. The summed E-state index contributed by atoms with van der Waals surface area (Å²) in [6.45, 7) is 6.61. The molecule has 1 N–H and O–H groups in total. The highest BCUT2D eigenvalue weighted by Crippen LogP contribution is 2.26. The zero-order valence-electron chi connectivity index (χ0n) is 17.9. The van der Waals surface area contributed by atoms with Crippen molar-refractivity contribution in [2.75, 3.05) is 25.2 Å². The van der Waals surface area contributed by atoms with Crippen LogP contribution in [0.4, 0.5) is 5.69 Å². The zero-order valence-corrected chi connectivity index (χ0v) is 18.8. The molecule has 0 bridgehead atoms. The van der Waals surface area contributed by atoms with E-state index >= 15 is 0 Å². The largest absolute Gasteiger partial charge is 0.325 e. The van der Waals surface area contributed by atoms with E-state index in [0.717, 1.165) is 36.8 Å². The fourth-order valence-corrected chi connectivity index (χ4v) is 3.95. The number of rotatable bonds is 11. The number of aromatic nitrogens is 3. The molecule has 8 heteroatoms. The number of thioether (sulfide) groups is 1. The van der Waals surface area contributed by atoms with Crippen LogP contribution in [0.25, 0.3) is 0 Å². The van der Waals surface area contributed by atoms with Crippen molar-refractivity contribution < 1.29 is 9.59 Å². The number of carbonyl (C=O) groups excluding carboxylic acids is 2. The Morgan fingerprint density at radius 3 is 2.55 bits per heavy atom. The molecule has 7 nitrogen and oxygen atoms in total. The maximum Gasteiger partial charge on any atom is 0.234 e. The molecule has 0 saturated heterocycles. The predicted octanol–water partition coefficient (Wildman–Crippen LogP) is 4.02. The van der Waals surface area contributed by atoms with Gasteiger partial charge in [0.15, 0.2) is 16.8 Å². The molecular weight excluding hydrogens is 386 g/mol. The van der Waals surface area contributed by atoms with E-state index in [-0.39, 0.29) is 23.5 Å². The van der Waals surface area contributed by atoms with Crippen molar-refractivity contribution in [1.82, 2.24) is 19.7 Å². The molecule has 1 heterocycles. The second kappa shape index (κ2) is 11.1. The van der Waals surface area contributed by atoms with Crippen LogP contribution in [0.5, 0.6) is 0 Å². The third-order valence-corrected chi connectivity index (χ3v) is 5.67. The number of carbonyl (C=O) groups is 2. The van der Waals surface area contributed by atoms with Crippen molar-refractivity contribution in [2.45, 2.75) is 57.8 Å². The van der Waals surface area contributed by atoms with Crippen molar-refractivity contribution >= 4 is 29.1 Å². The Labute approximate surface area is 177 Å². The number of hydrogen-bond donors (Lipinski definition) is 1. The first-order chi connectivity index (χ1) is 13.9. The van der Waals surface area contributed by atoms with Gasteiger partial charge in [-0.3, -0.25) is 14.5 Å². The topological polar surface area (TPSA) is 80.1 Å². The Morgan fingerprint density at radius 2 is 1.93 bits per heavy atom. The lowest BCUT2D eigenvalue weighted by Gasteiger charge is -2.23. The highest BCUT2D eigenvalue weighted by molar-refractivity contribution is 7.99. The summed E-state index contributed by atoms with van der Waals surface area (Å²) in [7, 11) is 4.08. The molecule has 1 aromatic heterocycles. The van der Waals surface area contributed by atoms with Crippen LogP contribution in [0.1, 0.15) is 62.3 Å². The highest BCUT2D eigenvalue weighted by atomic mass is 32.2. The van der Waals surface area contributed by atoms with E-state index in [1.807, 2.05) is 14.1 Å². The van der Waals surface area contributed by atoms with Gasteiger partial charge < -0.3 is 9.88 Å². The molecule has 1 amide bonds. The number of para-hydroxylation sites is 1. The van der Waals surface area contributed by atoms with Crippen molar-refractivity contribution in [3.63, 3.8) is 0 Å². The summed E-state index contributed by atoms with van der Waals surface area (Å²) in [6.07, 6.45) is 3.04. The lowest BCUT2D eigenvalue weighted by molar-refractivity contribution is -0.113. The summed E-state index contributed by atoms with van der Waals surface area (Å²) in [5.41, 5.74) is 1.05. The molecule has 2 rings (SSSR count). The second-order valence-electron chi connectivity index (χ2n) is 7.17. The summed E-state index contributed by atoms with van der Waals surface area (Å²) in [4.78, 5) is 26.4. The molecule has 2 aromatic rings. The quantitative estimate of drug-likeness (QED) is 0.439. The van der Waals surface area contributed by atoms with Crippen LogP contribution >= 0.6 is 11.8 Å². The minimum Gasteiger partial charge on any atom is -0.325 e. The Bertz CT molecular complexity index is 834. The Morgan fingerprint density at radius 1 is 1.21 bits per heavy atom. The SMILES string of the molecule is CCCCn1c(SCC(=O)Nc2ccccc2C(C)=O)nnc1C(CC)N(C)C. The lowest BCUT2D eigenvalue weighted by Crippen LogP contribution is -2.23. The monoisotopic (exact) mass is 417 g/mol. The van der Waals surface area contributed by atoms with Gasteiger partial charge in [-0.25, -0.2) is 0 Å². The van der Waals surface area contributed by atoms with E-state index in [0.29, 0.717) is 11.3 Å². The number of Topliss-reactive ketones (excluding diaryl/α,β-unsaturated/α-hetero) is 1. The fraction of sp³-hybridized carbons (Fsp3) is 0.524. The van der Waals surface area contributed by atoms with Gasteiger partial charge in [0.05, 0.1) is 17.5 Å². The minimum absolute atomic E-state index is 0.0770. The minimum atomic E-state index is -0.171. The van der Waals surface area contributed by atoms with E-state index in [2.05, 4.69) is 38.8 Å². The Kier molecular flexibility index (Phi) is 8.85. The van der Waals surface area contributed by atoms with Crippen molar-refractivity contribution in [3.8, 4) is 0 Å². The van der Waals surface area contributed by atoms with Crippen LogP contribution < -0.4 is 5.32 Å². The standard InChI is InChI=1S/C21H31N5O2S/c1-6-8-13-26-20(18(7-2)25(4)5)23-24-21(26)29-14-19(28)22-17-12-10-9-11-16(17)15(3)27/h9-12,18H,6-8,13-14H2,1-5H3,(H,22,28). The number of amides is 1. The third kappa shape index (κ3) is 6.14. The first-order valence-electron chi connectivity index (χ1n) is 10.0. The highest BCUT2D eigenvalue weighted by Gasteiger charge is 2.22. The molecule has 0 aliphatic heterocycles. The van der Waals surface area contributed by atoms with Gasteiger partial charge in [0, 0.05) is 12.1 Å². The van der Waals surface area contributed by atoms with Crippen molar-refractivity contribution in [1.29, 1.82) is 0 Å². The molecular formula is C21H31N5O2S. The first-order valence-corrected chi connectivity index (χ1v) is 11.0. The molecule has 1 unspecified atom stereocenters. The zero-order chi connectivity index (χ0) is 21.4. The predicted molar refractivity (Wildman–Crippen MR) is 117 cm³/mol. The Balaban J connectivity index is 2.12. The van der Waals surface area contributed by atoms with Crippen LogP contribution in [0.15, 0.2) is 29.4 Å². The van der Waals surface area contributed by atoms with Crippen LogP contribution in [0.2, 0.25) is 0 Å². The van der Waals surface area contributed by atoms with Crippen LogP contribution in [-0.4, -0.2) is 51.2 Å². The normalized spacial score (nSPS) is 12.2. The number of anilines is 1. The van der Waals surface area contributed by atoms with Gasteiger partial charge >= 0.3 is 0 Å². The van der Waals surface area contributed by atoms with Crippen LogP contribution in [-0.2, 0) is 11.3 Å². The molecule has 0 spiro atoms. The summed E-state index contributed by atoms with van der Waals surface area (Å²) in [6, 6.07) is 7.22. The molecule has 1 atom stereocenters. The van der Waals surface area contributed by atoms with Crippen LogP contribution in [0.3, 0.4) is 0 Å². The van der Waals surface area contributed by atoms with E-state index in [1.54, 1.807) is 24.3 Å². The molecule has 0 aliphatic rings. The summed E-state index contributed by atoms with van der Waals surface area (Å²) >= 11 is 1.37. The van der Waals surface area contributed by atoms with E-state index in [4.69, 9.17) is 0 Å². The summed E-state index contributed by atoms with van der Waals surface area (Å²) in [5.74, 6) is 0.896. The summed E-state index contributed by atoms with van der Waals surface area (Å²) < 4.78 is 2.14. The molecule has 0 radical (unpaired) electrons. The van der Waals surface area contributed by atoms with E-state index < -0.39 is 0 Å². The van der Waals surface area contributed by atoms with Crippen molar-refractivity contribution in [2.24, 2.45) is 0 Å². The summed E-state index contributed by atoms with van der Waals surface area (Å²) in [5, 5.41) is 12.4. The smallest absolute Gasteiger partial charge is 0.234 e. The van der Waals surface area contributed by atoms with Gasteiger partial charge in [-0.15, -0.1) is 10.2 Å². The average molecular weight is 418 g/mol. The maximum absolute atomic E-state index is 12.5. The van der Waals surface area contributed by atoms with Crippen LogP contribution in [0, 0.1) is 0 Å². The van der Waals surface area contributed by atoms with Gasteiger partial charge in [-0.05, 0) is 46.0 Å². The fourth-order valence-electron chi connectivity index (χ4n) is 3.17. The molecule has 0 saturated carbocycles. The molecule has 29 heavy (non-hydrogen) atoms. The number of ketones is 1. The van der Waals surface area contributed by atoms with Gasteiger partial charge in [0.25, 0.3) is 0 Å². The first kappa shape index (κ1) is 23.1.